The fraction of sp³-hybridized carbons (Fsp3) is 0.467. The van der Waals surface area contributed by atoms with Gasteiger partial charge in [-0.15, -0.1) is 0 Å². The van der Waals surface area contributed by atoms with E-state index in [1.807, 2.05) is 21.9 Å². The second kappa shape index (κ2) is 10.7. The Morgan fingerprint density at radius 2 is 2.02 bits per heavy atom. The van der Waals surface area contributed by atoms with Crippen molar-refractivity contribution >= 4 is 11.6 Å². The summed E-state index contributed by atoms with van der Waals surface area (Å²) in [5.74, 6) is -1.26. The van der Waals surface area contributed by atoms with E-state index in [-0.39, 0.29) is 29.8 Å². The number of carbonyl (C=O) groups is 1. The van der Waals surface area contributed by atoms with Gasteiger partial charge >= 0.3 is 0 Å². The zero-order valence-electron chi connectivity index (χ0n) is 23.5. The van der Waals surface area contributed by atoms with Crippen LogP contribution in [0.1, 0.15) is 53.8 Å². The molecule has 1 fully saturated rings. The maximum atomic E-state index is 14.3. The third-order valence-corrected chi connectivity index (χ3v) is 8.39. The van der Waals surface area contributed by atoms with Crippen LogP contribution in [-0.4, -0.2) is 87.0 Å². The Bertz CT molecular complexity index is 1470. The van der Waals surface area contributed by atoms with E-state index in [9.17, 15) is 18.7 Å². The van der Waals surface area contributed by atoms with Gasteiger partial charge in [-0.25, -0.2) is 8.78 Å². The van der Waals surface area contributed by atoms with Gasteiger partial charge in [0.2, 0.25) is 0 Å². The first kappa shape index (κ1) is 27.6. The van der Waals surface area contributed by atoms with Gasteiger partial charge in [-0.1, -0.05) is 19.9 Å². The van der Waals surface area contributed by atoms with E-state index < -0.39 is 17.9 Å². The van der Waals surface area contributed by atoms with Crippen molar-refractivity contribution in [3.8, 4) is 0 Å². The zero-order chi connectivity index (χ0) is 28.9. The van der Waals surface area contributed by atoms with E-state index in [4.69, 9.17) is 0 Å². The van der Waals surface area contributed by atoms with Gasteiger partial charge in [0.25, 0.3) is 5.91 Å². The topological polar surface area (TPSA) is 97.7 Å². The molecule has 0 bridgehead atoms. The smallest absolute Gasteiger partial charge is 0.256 e. The number of fused-ring (bicyclic) bond motifs is 2. The Morgan fingerprint density at radius 1 is 1.20 bits per heavy atom. The summed E-state index contributed by atoms with van der Waals surface area (Å²) in [4.78, 5) is 23.4. The first-order valence-electron chi connectivity index (χ1n) is 14.1. The molecule has 2 N–H and O–H groups in total. The summed E-state index contributed by atoms with van der Waals surface area (Å²) in [6.45, 7) is 9.60. The van der Waals surface area contributed by atoms with Crippen LogP contribution >= 0.6 is 0 Å². The standard InChI is InChI=1S/C30H35F2N7O2/c1-18-13-37(22(12-34-18)14-38-15-25-23(29(38)41)5-4-8-33-25)16-27(40)39-17-30(2,3)28-26(39)11-21(35-36-28)9-19-6-7-20(31)10-24(19)32/h4-8,10-11,18,22,27,34,40H,9,12-17H2,1-3H3/t18-,22-,27?/m1/s1. The number of halogens is 2. The number of nitrogens with one attached hydrogen (secondary N) is 1. The van der Waals surface area contributed by atoms with E-state index in [0.717, 1.165) is 29.7 Å². The molecule has 1 amide bonds. The Hall–Kier alpha value is -3.54. The number of aliphatic hydroxyl groups is 1. The Balaban J connectivity index is 1.20. The van der Waals surface area contributed by atoms with Crippen LogP contribution in [0, 0.1) is 11.6 Å². The van der Waals surface area contributed by atoms with Crippen LogP contribution in [0.15, 0.2) is 42.6 Å². The summed E-state index contributed by atoms with van der Waals surface area (Å²) < 4.78 is 27.7. The largest absolute Gasteiger partial charge is 0.372 e. The van der Waals surface area contributed by atoms with E-state index in [0.29, 0.717) is 49.5 Å². The highest BCUT2D eigenvalue weighted by molar-refractivity contribution is 5.97. The number of β-amino-alcohol motifs (C(OH)–C–C–N with tert-alkyl or cyclic N) is 1. The number of piperazine rings is 1. The van der Waals surface area contributed by atoms with Crippen LogP contribution in [0.25, 0.3) is 0 Å². The Morgan fingerprint density at radius 3 is 2.80 bits per heavy atom. The summed E-state index contributed by atoms with van der Waals surface area (Å²) in [5.41, 5.74) is 3.53. The molecule has 1 saturated heterocycles. The molecule has 3 atom stereocenters. The van der Waals surface area contributed by atoms with Gasteiger partial charge in [-0.2, -0.15) is 10.2 Å². The molecule has 0 saturated carbocycles. The average molecular weight is 564 g/mol. The fourth-order valence-corrected chi connectivity index (χ4v) is 6.25. The van der Waals surface area contributed by atoms with Crippen molar-refractivity contribution in [3.63, 3.8) is 0 Å². The van der Waals surface area contributed by atoms with Crippen LogP contribution in [0.3, 0.4) is 0 Å². The van der Waals surface area contributed by atoms with Gasteiger partial charge in [0.1, 0.15) is 17.9 Å². The molecule has 216 valence electrons. The molecule has 2 aromatic heterocycles. The van der Waals surface area contributed by atoms with Crippen LogP contribution in [0.4, 0.5) is 14.5 Å². The van der Waals surface area contributed by atoms with Crippen molar-refractivity contribution < 1.29 is 18.7 Å². The molecule has 9 nitrogen and oxygen atoms in total. The van der Waals surface area contributed by atoms with Gasteiger partial charge < -0.3 is 20.2 Å². The number of aliphatic hydroxyl groups excluding tert-OH is 1. The van der Waals surface area contributed by atoms with Crippen molar-refractivity contribution in [2.75, 3.05) is 37.6 Å². The van der Waals surface area contributed by atoms with Crippen molar-refractivity contribution in [3.05, 3.63) is 82.4 Å². The highest BCUT2D eigenvalue weighted by Gasteiger charge is 2.41. The summed E-state index contributed by atoms with van der Waals surface area (Å²) in [5, 5.41) is 24.0. The number of hydrogen-bond acceptors (Lipinski definition) is 8. The number of benzene rings is 1. The number of amides is 1. The third-order valence-electron chi connectivity index (χ3n) is 8.39. The van der Waals surface area contributed by atoms with Crippen molar-refractivity contribution in [1.82, 2.24) is 30.3 Å². The SMILES string of the molecule is C[C@@H]1CN(CC(O)N2CC(C)(C)c3nnc(Cc4ccc(F)cc4F)cc32)[C@@H](CN2Cc3ncccc3C2=O)CN1. The minimum Gasteiger partial charge on any atom is -0.372 e. The molecule has 1 aromatic carbocycles. The van der Waals surface area contributed by atoms with Gasteiger partial charge in [-0.3, -0.25) is 14.7 Å². The monoisotopic (exact) mass is 563 g/mol. The van der Waals surface area contributed by atoms with Crippen LogP contribution < -0.4 is 10.2 Å². The fourth-order valence-electron chi connectivity index (χ4n) is 6.25. The molecule has 0 spiro atoms. The molecule has 11 heteroatoms. The second-order valence-corrected chi connectivity index (χ2v) is 12.1. The van der Waals surface area contributed by atoms with E-state index in [2.05, 4.69) is 46.2 Å². The van der Waals surface area contributed by atoms with E-state index >= 15 is 0 Å². The molecule has 0 radical (unpaired) electrons. The predicted octanol–water partition coefficient (Wildman–Crippen LogP) is 2.47. The molecule has 1 unspecified atom stereocenters. The quantitative estimate of drug-likeness (QED) is 0.453. The molecule has 3 aliphatic heterocycles. The zero-order valence-corrected chi connectivity index (χ0v) is 23.5. The lowest BCUT2D eigenvalue weighted by atomic mass is 9.91. The van der Waals surface area contributed by atoms with Crippen LogP contribution in [0.2, 0.25) is 0 Å². The minimum absolute atomic E-state index is 0.00821. The van der Waals surface area contributed by atoms with Crippen molar-refractivity contribution in [2.45, 2.75) is 57.5 Å². The molecule has 3 aromatic rings. The lowest BCUT2D eigenvalue weighted by Crippen LogP contribution is -2.61. The number of nitrogens with zero attached hydrogens (tertiary/aromatic N) is 6. The van der Waals surface area contributed by atoms with Crippen LogP contribution in [-0.2, 0) is 18.4 Å². The molecule has 41 heavy (non-hydrogen) atoms. The first-order valence-corrected chi connectivity index (χ1v) is 14.1. The number of pyridine rings is 1. The lowest BCUT2D eigenvalue weighted by Gasteiger charge is -2.43. The maximum absolute atomic E-state index is 14.3. The van der Waals surface area contributed by atoms with E-state index in [1.165, 1.54) is 12.1 Å². The number of rotatable bonds is 7. The number of anilines is 1. The van der Waals surface area contributed by atoms with Crippen molar-refractivity contribution in [1.29, 1.82) is 0 Å². The molecule has 3 aliphatic rings. The van der Waals surface area contributed by atoms with Gasteiger partial charge in [0, 0.05) is 68.9 Å². The normalized spacial score (nSPS) is 22.6. The summed E-state index contributed by atoms with van der Waals surface area (Å²) >= 11 is 0. The van der Waals surface area contributed by atoms with Gasteiger partial charge in [-0.05, 0) is 36.8 Å². The second-order valence-electron chi connectivity index (χ2n) is 12.1. The van der Waals surface area contributed by atoms with Crippen LogP contribution in [0.5, 0.6) is 0 Å². The first-order chi connectivity index (χ1) is 19.6. The third kappa shape index (κ3) is 5.41. The summed E-state index contributed by atoms with van der Waals surface area (Å²) in [6.07, 6.45) is 1.04. The molecular weight excluding hydrogens is 528 g/mol. The number of carbonyl (C=O) groups excluding carboxylic acids is 1. The summed E-state index contributed by atoms with van der Waals surface area (Å²) in [6, 6.07) is 9.23. The Labute approximate surface area is 238 Å². The number of hydrogen-bond donors (Lipinski definition) is 2. The maximum Gasteiger partial charge on any atom is 0.256 e. The molecule has 0 aliphatic carbocycles. The van der Waals surface area contributed by atoms with Gasteiger partial charge in [0.05, 0.1) is 34.9 Å². The number of aromatic nitrogens is 3. The van der Waals surface area contributed by atoms with Crippen molar-refractivity contribution in [2.24, 2.45) is 0 Å². The highest BCUT2D eigenvalue weighted by atomic mass is 19.1. The predicted molar refractivity (Wildman–Crippen MR) is 149 cm³/mol. The molecule has 6 rings (SSSR count). The minimum atomic E-state index is -0.837. The molecular formula is C30H35F2N7O2. The summed E-state index contributed by atoms with van der Waals surface area (Å²) in [7, 11) is 0. The lowest BCUT2D eigenvalue weighted by molar-refractivity contribution is 0.0409. The van der Waals surface area contributed by atoms with E-state index in [1.54, 1.807) is 12.3 Å². The average Bonchev–Trinajstić information content (AvgIpc) is 3.39. The highest BCUT2D eigenvalue weighted by Crippen LogP contribution is 2.40. The van der Waals surface area contributed by atoms with Gasteiger partial charge in [0.15, 0.2) is 0 Å². The molecule has 5 heterocycles. The Kier molecular flexibility index (Phi) is 7.21.